The first-order valence-corrected chi connectivity index (χ1v) is 12.4. The van der Waals surface area contributed by atoms with Gasteiger partial charge in [0, 0.05) is 19.7 Å². The van der Waals surface area contributed by atoms with Gasteiger partial charge >= 0.3 is 5.97 Å². The van der Waals surface area contributed by atoms with Crippen LogP contribution in [0.4, 0.5) is 0 Å². The lowest BCUT2D eigenvalue weighted by Crippen LogP contribution is -2.60. The zero-order valence-corrected chi connectivity index (χ0v) is 21.5. The number of carbonyl (C=O) groups is 3. The van der Waals surface area contributed by atoms with Crippen LogP contribution >= 0.6 is 12.2 Å². The Kier molecular flexibility index (Phi) is 11.1. The van der Waals surface area contributed by atoms with E-state index in [1.165, 1.54) is 4.90 Å². The second kappa shape index (κ2) is 14.8. The van der Waals surface area contributed by atoms with Crippen LogP contribution in [0.1, 0.15) is 23.7 Å². The first kappa shape index (κ1) is 27.9. The maximum absolute atomic E-state index is 13.0. The number of hydrogen-bond acceptors (Lipinski definition) is 8. The minimum absolute atomic E-state index is 0.0363. The van der Waals surface area contributed by atoms with Crippen molar-refractivity contribution in [2.24, 2.45) is 0 Å². The van der Waals surface area contributed by atoms with Crippen molar-refractivity contribution in [1.82, 2.24) is 15.5 Å². The van der Waals surface area contributed by atoms with Crippen molar-refractivity contribution in [2.45, 2.75) is 19.4 Å². The van der Waals surface area contributed by atoms with E-state index in [1.807, 2.05) is 37.3 Å². The number of rotatable bonds is 12. The quantitative estimate of drug-likeness (QED) is 0.242. The number of nitrogens with one attached hydrogen (secondary N) is 2. The number of nitrogens with zero attached hydrogens (tertiary/aromatic N) is 1. The minimum atomic E-state index is -0.900. The van der Waals surface area contributed by atoms with Crippen LogP contribution in [-0.2, 0) is 19.1 Å². The molecule has 0 saturated carbocycles. The van der Waals surface area contributed by atoms with Crippen LogP contribution in [0.2, 0.25) is 0 Å². The summed E-state index contributed by atoms with van der Waals surface area (Å²) in [5, 5.41) is 5.41. The molecule has 10 nitrogen and oxygen atoms in total. The average Bonchev–Trinajstić information content (AvgIpc) is 2.91. The van der Waals surface area contributed by atoms with Crippen molar-refractivity contribution in [3.8, 4) is 11.5 Å². The van der Waals surface area contributed by atoms with Crippen molar-refractivity contribution >= 4 is 35.1 Å². The van der Waals surface area contributed by atoms with Gasteiger partial charge in [0.2, 0.25) is 5.91 Å². The summed E-state index contributed by atoms with van der Waals surface area (Å²) in [5.74, 6) is -0.330. The summed E-state index contributed by atoms with van der Waals surface area (Å²) in [6, 6.07) is 15.2. The van der Waals surface area contributed by atoms with E-state index in [0.29, 0.717) is 32.1 Å². The average molecular weight is 530 g/mol. The number of benzene rings is 2. The van der Waals surface area contributed by atoms with Crippen LogP contribution in [0.25, 0.3) is 0 Å². The van der Waals surface area contributed by atoms with Crippen LogP contribution in [0.5, 0.6) is 11.5 Å². The number of hydrogen-bond donors (Lipinski definition) is 2. The van der Waals surface area contributed by atoms with Gasteiger partial charge in [-0.15, -0.1) is 0 Å². The maximum Gasteiger partial charge on any atom is 0.308 e. The molecule has 0 bridgehead atoms. The topological polar surface area (TPSA) is 115 Å². The number of piperazine rings is 1. The van der Waals surface area contributed by atoms with E-state index < -0.39 is 17.9 Å². The summed E-state index contributed by atoms with van der Waals surface area (Å²) in [4.78, 5) is 39.3. The molecule has 0 radical (unpaired) electrons. The molecule has 0 aromatic heterocycles. The van der Waals surface area contributed by atoms with Crippen molar-refractivity contribution in [3.05, 3.63) is 60.2 Å². The monoisotopic (exact) mass is 529 g/mol. The summed E-state index contributed by atoms with van der Waals surface area (Å²) in [6.45, 7) is 3.90. The molecular weight excluding hydrogens is 498 g/mol. The third kappa shape index (κ3) is 8.72. The zero-order valence-electron chi connectivity index (χ0n) is 20.6. The van der Waals surface area contributed by atoms with Crippen LogP contribution in [0.3, 0.4) is 0 Å². The zero-order chi connectivity index (χ0) is 26.5. The van der Waals surface area contributed by atoms with E-state index in [2.05, 4.69) is 10.6 Å². The highest BCUT2D eigenvalue weighted by Crippen LogP contribution is 2.19. The summed E-state index contributed by atoms with van der Waals surface area (Å²) >= 11 is 5.44. The van der Waals surface area contributed by atoms with Crippen molar-refractivity contribution in [1.29, 1.82) is 0 Å². The molecule has 11 heteroatoms. The Morgan fingerprint density at radius 1 is 1.03 bits per heavy atom. The molecule has 1 heterocycles. The van der Waals surface area contributed by atoms with Crippen LogP contribution in [-0.4, -0.2) is 80.0 Å². The molecule has 1 atom stereocenters. The van der Waals surface area contributed by atoms with Crippen LogP contribution in [0, 0.1) is 0 Å². The third-order valence-electron chi connectivity index (χ3n) is 5.35. The van der Waals surface area contributed by atoms with Gasteiger partial charge in [-0.1, -0.05) is 30.3 Å². The lowest BCUT2D eigenvalue weighted by molar-refractivity contribution is -0.148. The van der Waals surface area contributed by atoms with Gasteiger partial charge in [-0.3, -0.25) is 19.7 Å². The van der Waals surface area contributed by atoms with Gasteiger partial charge in [-0.05, 0) is 43.4 Å². The predicted octanol–water partition coefficient (Wildman–Crippen LogP) is 1.93. The Labute approximate surface area is 221 Å². The molecule has 2 aromatic rings. The van der Waals surface area contributed by atoms with Crippen molar-refractivity contribution < 1.29 is 33.3 Å². The van der Waals surface area contributed by atoms with Gasteiger partial charge in [0.1, 0.15) is 37.4 Å². The van der Waals surface area contributed by atoms with E-state index in [0.717, 1.165) is 5.75 Å². The Hall–Kier alpha value is -3.70. The first-order chi connectivity index (χ1) is 18.0. The molecule has 1 unspecified atom stereocenters. The largest absolute Gasteiger partial charge is 0.490 e. The lowest BCUT2D eigenvalue weighted by Gasteiger charge is -2.36. The summed E-state index contributed by atoms with van der Waals surface area (Å²) in [6.07, 6.45) is -0.213. The molecular formula is C26H31N3O7S. The molecule has 1 aliphatic rings. The number of para-hydroxylation sites is 2. The molecule has 198 valence electrons. The molecule has 1 aliphatic heterocycles. The Morgan fingerprint density at radius 3 is 2.54 bits per heavy atom. The Bertz CT molecular complexity index is 1070. The number of thiocarbonyl (C=S) groups is 1. The van der Waals surface area contributed by atoms with E-state index >= 15 is 0 Å². The highest BCUT2D eigenvalue weighted by molar-refractivity contribution is 7.80. The standard InChI is InChI=1S/C26H31N3O7S/c1-2-33-14-15-36-23(30)18-21-25(32)27-12-13-29(21)26(37)28-24(31)20-10-6-7-11-22(20)35-17-16-34-19-8-4-3-5-9-19/h3-11,21H,2,12-18H2,1H3,(H,27,32)(H,28,31,37). The molecule has 0 aliphatic carbocycles. The summed E-state index contributed by atoms with van der Waals surface area (Å²) in [7, 11) is 0. The molecule has 2 aromatic carbocycles. The summed E-state index contributed by atoms with van der Waals surface area (Å²) in [5.41, 5.74) is 0.276. The van der Waals surface area contributed by atoms with E-state index in [9.17, 15) is 14.4 Å². The fraction of sp³-hybridized carbons (Fsp3) is 0.385. The Morgan fingerprint density at radius 2 is 1.76 bits per heavy atom. The molecule has 37 heavy (non-hydrogen) atoms. The van der Waals surface area contributed by atoms with Gasteiger partial charge in [0.05, 0.1) is 18.6 Å². The van der Waals surface area contributed by atoms with E-state index in [4.69, 9.17) is 31.2 Å². The molecule has 3 rings (SSSR count). The van der Waals surface area contributed by atoms with Gasteiger partial charge in [-0.2, -0.15) is 0 Å². The highest BCUT2D eigenvalue weighted by Gasteiger charge is 2.34. The van der Waals surface area contributed by atoms with Crippen LogP contribution in [0.15, 0.2) is 54.6 Å². The number of ether oxygens (including phenoxy) is 4. The minimum Gasteiger partial charge on any atom is -0.490 e. The Balaban J connectivity index is 1.56. The van der Waals surface area contributed by atoms with Gasteiger partial charge in [-0.25, -0.2) is 0 Å². The molecule has 0 spiro atoms. The fourth-order valence-corrected chi connectivity index (χ4v) is 3.89. The van der Waals surface area contributed by atoms with Gasteiger partial charge in [0.25, 0.3) is 5.91 Å². The number of carbonyl (C=O) groups excluding carboxylic acids is 3. The summed E-state index contributed by atoms with van der Waals surface area (Å²) < 4.78 is 21.7. The normalized spacial score (nSPS) is 14.9. The first-order valence-electron chi connectivity index (χ1n) is 12.0. The molecule has 1 saturated heterocycles. The molecule has 2 N–H and O–H groups in total. The predicted molar refractivity (Wildman–Crippen MR) is 140 cm³/mol. The van der Waals surface area contributed by atoms with Crippen molar-refractivity contribution in [3.63, 3.8) is 0 Å². The van der Waals surface area contributed by atoms with Gasteiger partial charge < -0.3 is 29.2 Å². The molecule has 1 fully saturated rings. The van der Waals surface area contributed by atoms with Crippen molar-refractivity contribution in [2.75, 3.05) is 46.1 Å². The maximum atomic E-state index is 13.0. The molecule has 2 amide bonds. The van der Waals surface area contributed by atoms with Gasteiger partial charge in [0.15, 0.2) is 5.11 Å². The smallest absolute Gasteiger partial charge is 0.308 e. The van der Waals surface area contributed by atoms with E-state index in [1.54, 1.807) is 24.3 Å². The van der Waals surface area contributed by atoms with E-state index in [-0.39, 0.29) is 42.8 Å². The van der Waals surface area contributed by atoms with Crippen LogP contribution < -0.4 is 20.1 Å². The SMILES string of the molecule is CCOCCOC(=O)CC1C(=O)NCCN1C(=S)NC(=O)c1ccccc1OCCOc1ccccc1. The lowest BCUT2D eigenvalue weighted by atomic mass is 10.1. The fourth-order valence-electron chi connectivity index (χ4n) is 3.58. The number of esters is 1. The number of amides is 2. The highest BCUT2D eigenvalue weighted by atomic mass is 32.1. The second-order valence-corrected chi connectivity index (χ2v) is 8.27. The third-order valence-corrected chi connectivity index (χ3v) is 5.69. The second-order valence-electron chi connectivity index (χ2n) is 7.89.